The summed E-state index contributed by atoms with van der Waals surface area (Å²) in [5, 5.41) is 11.6. The summed E-state index contributed by atoms with van der Waals surface area (Å²) >= 11 is 0. The van der Waals surface area contributed by atoms with Crippen molar-refractivity contribution in [2.75, 3.05) is 13.2 Å². The Morgan fingerprint density at radius 2 is 1.64 bits per heavy atom. The fraction of sp³-hybridized carbons (Fsp3) is 0.684. The standard InChI is InChI=1S/C19H28O3/c20-17-10-4-1-2-5-11-19(14-8-9-15-21-16-17)22-18-12-6-3-7-13-18/h6-7,12-13,17,19H,1-2,4-5,8-11,14-16H2. The van der Waals surface area contributed by atoms with E-state index in [4.69, 9.17) is 9.47 Å². The van der Waals surface area contributed by atoms with E-state index < -0.39 is 6.10 Å². The van der Waals surface area contributed by atoms with E-state index in [2.05, 4.69) is 6.07 Å². The molecular weight excluding hydrogens is 276 g/mol. The fourth-order valence-electron chi connectivity index (χ4n) is 2.88. The first-order chi connectivity index (χ1) is 10.8. The molecule has 2 radical (unpaired) electrons. The molecule has 2 unspecified atom stereocenters. The second-order valence-corrected chi connectivity index (χ2v) is 6.16. The van der Waals surface area contributed by atoms with Gasteiger partial charge >= 0.3 is 0 Å². The lowest BCUT2D eigenvalue weighted by atomic mass is 10.0. The van der Waals surface area contributed by atoms with Gasteiger partial charge in [0.05, 0.1) is 12.7 Å². The molecule has 1 aromatic rings. The Balaban J connectivity index is 1.79. The van der Waals surface area contributed by atoms with Gasteiger partial charge in [-0.25, -0.2) is 5.11 Å². The van der Waals surface area contributed by atoms with Crippen LogP contribution in [0.5, 0.6) is 5.75 Å². The van der Waals surface area contributed by atoms with Crippen molar-refractivity contribution in [1.29, 1.82) is 0 Å². The van der Waals surface area contributed by atoms with Crippen LogP contribution < -0.4 is 4.74 Å². The molecule has 0 aliphatic carbocycles. The third-order valence-electron chi connectivity index (χ3n) is 4.16. The van der Waals surface area contributed by atoms with Crippen molar-refractivity contribution in [2.45, 2.75) is 70.0 Å². The molecule has 3 nitrogen and oxygen atoms in total. The summed E-state index contributed by atoms with van der Waals surface area (Å²) in [6.45, 7) is 1.08. The lowest BCUT2D eigenvalue weighted by molar-refractivity contribution is -0.0102. The second-order valence-electron chi connectivity index (χ2n) is 6.16. The third-order valence-corrected chi connectivity index (χ3v) is 4.16. The van der Waals surface area contributed by atoms with Crippen molar-refractivity contribution < 1.29 is 14.6 Å². The van der Waals surface area contributed by atoms with Crippen LogP contribution in [-0.2, 0) is 9.84 Å². The van der Waals surface area contributed by atoms with Gasteiger partial charge in [0.15, 0.2) is 0 Å². The minimum Gasteiger partial charge on any atom is -0.490 e. The molecule has 1 saturated heterocycles. The van der Waals surface area contributed by atoms with Gasteiger partial charge in [-0.3, -0.25) is 0 Å². The molecule has 1 aliphatic rings. The van der Waals surface area contributed by atoms with Gasteiger partial charge in [-0.1, -0.05) is 31.4 Å². The monoisotopic (exact) mass is 304 g/mol. The molecule has 0 N–H and O–H groups in total. The Morgan fingerprint density at radius 1 is 0.955 bits per heavy atom. The van der Waals surface area contributed by atoms with E-state index in [0.717, 1.165) is 50.7 Å². The number of benzene rings is 1. The van der Waals surface area contributed by atoms with Crippen molar-refractivity contribution >= 4 is 0 Å². The molecule has 2 rings (SSSR count). The van der Waals surface area contributed by atoms with Crippen molar-refractivity contribution in [1.82, 2.24) is 0 Å². The summed E-state index contributed by atoms with van der Waals surface area (Å²) in [4.78, 5) is 0. The van der Waals surface area contributed by atoms with E-state index in [1.807, 2.05) is 24.3 Å². The maximum atomic E-state index is 11.6. The van der Waals surface area contributed by atoms with Crippen LogP contribution in [0.25, 0.3) is 0 Å². The van der Waals surface area contributed by atoms with Crippen molar-refractivity contribution in [3.8, 4) is 5.75 Å². The second kappa shape index (κ2) is 10.6. The highest BCUT2D eigenvalue weighted by Gasteiger charge is 2.12. The quantitative estimate of drug-likeness (QED) is 0.802. The highest BCUT2D eigenvalue weighted by Crippen LogP contribution is 2.19. The smallest absolute Gasteiger partial charge is 0.119 e. The minimum atomic E-state index is -0.533. The summed E-state index contributed by atoms with van der Waals surface area (Å²) in [7, 11) is 0. The molecule has 122 valence electrons. The molecule has 0 spiro atoms. The van der Waals surface area contributed by atoms with Crippen molar-refractivity contribution in [3.05, 3.63) is 30.3 Å². The Hall–Kier alpha value is -1.06. The zero-order chi connectivity index (χ0) is 15.5. The molecule has 1 aliphatic heterocycles. The molecule has 2 atom stereocenters. The van der Waals surface area contributed by atoms with E-state index in [9.17, 15) is 5.11 Å². The van der Waals surface area contributed by atoms with Gasteiger partial charge in [-0.15, -0.1) is 0 Å². The van der Waals surface area contributed by atoms with Gasteiger partial charge in [0.2, 0.25) is 0 Å². The minimum absolute atomic E-state index is 0.289. The van der Waals surface area contributed by atoms with Crippen LogP contribution in [0.1, 0.15) is 57.8 Å². The van der Waals surface area contributed by atoms with Crippen molar-refractivity contribution in [3.63, 3.8) is 0 Å². The maximum Gasteiger partial charge on any atom is 0.119 e. The third kappa shape index (κ3) is 7.28. The van der Waals surface area contributed by atoms with Crippen LogP contribution in [0.3, 0.4) is 0 Å². The predicted molar refractivity (Wildman–Crippen MR) is 86.5 cm³/mol. The van der Waals surface area contributed by atoms with Gasteiger partial charge in [0.25, 0.3) is 0 Å². The molecule has 0 aromatic heterocycles. The fourth-order valence-corrected chi connectivity index (χ4v) is 2.88. The lowest BCUT2D eigenvalue weighted by Crippen LogP contribution is -2.18. The topological polar surface area (TPSA) is 38.4 Å². The summed E-state index contributed by atoms with van der Waals surface area (Å²) < 4.78 is 11.6. The van der Waals surface area contributed by atoms with E-state index >= 15 is 0 Å². The van der Waals surface area contributed by atoms with Crippen LogP contribution in [0.2, 0.25) is 0 Å². The zero-order valence-electron chi connectivity index (χ0n) is 13.5. The summed E-state index contributed by atoms with van der Waals surface area (Å²) in [6, 6.07) is 10.8. The molecule has 1 aromatic carbocycles. The lowest BCUT2D eigenvalue weighted by Gasteiger charge is -2.20. The van der Waals surface area contributed by atoms with Crippen LogP contribution in [0.4, 0.5) is 0 Å². The molecule has 3 heteroatoms. The molecule has 0 bridgehead atoms. The first kappa shape index (κ1) is 17.3. The molecule has 0 amide bonds. The Kier molecular flexibility index (Phi) is 8.36. The summed E-state index contributed by atoms with van der Waals surface area (Å²) in [5.41, 5.74) is 0. The van der Waals surface area contributed by atoms with E-state index in [1.54, 1.807) is 0 Å². The van der Waals surface area contributed by atoms with Gasteiger partial charge < -0.3 is 9.47 Å². The largest absolute Gasteiger partial charge is 0.490 e. The van der Waals surface area contributed by atoms with E-state index in [1.165, 1.54) is 12.8 Å². The molecule has 1 fully saturated rings. The SMILES string of the molecule is [O]C1CCCCCCC(Oc2cc[c]cc2)CCCCOC1. The van der Waals surface area contributed by atoms with E-state index in [0.29, 0.717) is 13.2 Å². The normalized spacial score (nSPS) is 26.0. The molecule has 22 heavy (non-hydrogen) atoms. The average Bonchev–Trinajstić information content (AvgIpc) is 2.54. The Morgan fingerprint density at radius 3 is 2.41 bits per heavy atom. The van der Waals surface area contributed by atoms with Crippen LogP contribution in [0, 0.1) is 6.07 Å². The number of hydrogen-bond acceptors (Lipinski definition) is 2. The zero-order valence-corrected chi connectivity index (χ0v) is 13.5. The first-order valence-electron chi connectivity index (χ1n) is 8.71. The highest BCUT2D eigenvalue weighted by molar-refractivity contribution is 5.20. The number of ether oxygens (including phenoxy) is 2. The predicted octanol–water partition coefficient (Wildman–Crippen LogP) is 4.57. The molecule has 1 heterocycles. The average molecular weight is 304 g/mol. The molecular formula is C19H28O3. The number of hydrogen-bond donors (Lipinski definition) is 0. The van der Waals surface area contributed by atoms with Gasteiger partial charge in [0.1, 0.15) is 11.9 Å². The van der Waals surface area contributed by atoms with Crippen LogP contribution >= 0.6 is 0 Å². The van der Waals surface area contributed by atoms with Gasteiger partial charge in [0, 0.05) is 6.61 Å². The van der Waals surface area contributed by atoms with Crippen LogP contribution in [-0.4, -0.2) is 25.4 Å². The summed E-state index contributed by atoms with van der Waals surface area (Å²) in [6.07, 6.45) is 9.31. The summed E-state index contributed by atoms with van der Waals surface area (Å²) in [5.74, 6) is 0.940. The van der Waals surface area contributed by atoms with Crippen molar-refractivity contribution in [2.24, 2.45) is 0 Å². The number of rotatable bonds is 2. The highest BCUT2D eigenvalue weighted by atomic mass is 16.5. The maximum absolute atomic E-state index is 11.6. The van der Waals surface area contributed by atoms with Gasteiger partial charge in [-0.2, -0.15) is 0 Å². The Bertz CT molecular complexity index is 364. The van der Waals surface area contributed by atoms with Crippen LogP contribution in [0.15, 0.2) is 24.3 Å². The van der Waals surface area contributed by atoms with Gasteiger partial charge in [-0.05, 0) is 56.7 Å². The van der Waals surface area contributed by atoms with E-state index in [-0.39, 0.29) is 6.10 Å². The molecule has 0 saturated carbocycles. The first-order valence-corrected chi connectivity index (χ1v) is 8.71. The Labute approximate surface area is 134 Å².